The van der Waals surface area contributed by atoms with E-state index < -0.39 is 30.7 Å². The lowest BCUT2D eigenvalue weighted by Gasteiger charge is -2.51. The summed E-state index contributed by atoms with van der Waals surface area (Å²) in [5, 5.41) is -1.49. The van der Waals surface area contributed by atoms with Crippen molar-refractivity contribution in [1.82, 2.24) is 0 Å². The number of hydrogen-bond donors (Lipinski definition) is 2. The number of rotatable bonds is 8. The fourth-order valence-corrected chi connectivity index (χ4v) is 9.40. The zero-order valence-electron chi connectivity index (χ0n) is 16.4. The van der Waals surface area contributed by atoms with Gasteiger partial charge in [-0.05, 0) is 68.1 Å². The van der Waals surface area contributed by atoms with Gasteiger partial charge >= 0.3 is 0 Å². The maximum absolute atomic E-state index is 11.8. The van der Waals surface area contributed by atoms with Gasteiger partial charge < -0.3 is 0 Å². The molecule has 2 rings (SSSR count). The van der Waals surface area contributed by atoms with Crippen LogP contribution in [0.3, 0.4) is 0 Å². The Morgan fingerprint density at radius 1 is 0.852 bits per heavy atom. The van der Waals surface area contributed by atoms with Crippen LogP contribution in [0.1, 0.15) is 78.1 Å². The molecule has 2 fully saturated rings. The lowest BCUT2D eigenvalue weighted by Crippen LogP contribution is -2.47. The zero-order chi connectivity index (χ0) is 20.3. The SMILES string of the molecule is CCCPC(CC)(C1CCCC(S(=O)(=O)O)C1)C1CCC[C@H](S(=O)(=O)O)C1. The van der Waals surface area contributed by atoms with Gasteiger partial charge in [-0.25, -0.2) is 0 Å². The Morgan fingerprint density at radius 2 is 1.30 bits per heavy atom. The van der Waals surface area contributed by atoms with Crippen LogP contribution in [0.25, 0.3) is 0 Å². The molecule has 0 heterocycles. The van der Waals surface area contributed by atoms with E-state index in [0.717, 1.165) is 44.7 Å². The van der Waals surface area contributed by atoms with Crippen LogP contribution < -0.4 is 0 Å². The minimum Gasteiger partial charge on any atom is -0.285 e. The van der Waals surface area contributed by atoms with Gasteiger partial charge in [-0.15, -0.1) is 8.58 Å². The highest BCUT2D eigenvalue weighted by Crippen LogP contribution is 2.56. The molecule has 6 nitrogen and oxygen atoms in total. The summed E-state index contributed by atoms with van der Waals surface area (Å²) in [5.41, 5.74) is 0. The highest BCUT2D eigenvalue weighted by atomic mass is 32.2. The van der Waals surface area contributed by atoms with Gasteiger partial charge in [-0.3, -0.25) is 9.11 Å². The van der Waals surface area contributed by atoms with E-state index in [1.165, 1.54) is 0 Å². The predicted octanol–water partition coefficient (Wildman–Crippen LogP) is 4.12. The first-order chi connectivity index (χ1) is 12.5. The first-order valence-corrected chi connectivity index (χ1v) is 14.4. The molecule has 9 heteroatoms. The third-order valence-electron chi connectivity index (χ3n) is 6.84. The average Bonchev–Trinajstić information content (AvgIpc) is 2.62. The molecule has 5 unspecified atom stereocenters. The highest BCUT2D eigenvalue weighted by molar-refractivity contribution is 7.86. The first-order valence-electron chi connectivity index (χ1n) is 10.2. The molecule has 0 radical (unpaired) electrons. The second-order valence-corrected chi connectivity index (χ2v) is 13.5. The maximum atomic E-state index is 11.8. The number of hydrogen-bond acceptors (Lipinski definition) is 4. The molecule has 0 bridgehead atoms. The summed E-state index contributed by atoms with van der Waals surface area (Å²) >= 11 is 0. The standard InChI is InChI=1S/C18H35O6PS2/c1-3-11-25-18(4-2,14-7-5-9-16(12-14)26(19,20)21)15-8-6-10-17(13-15)27(22,23)24/h14-17,25H,3-13H2,1-2H3,(H,19,20,21)(H,22,23,24)/t14?,15?,16-,17?,18?/m0/s1. The van der Waals surface area contributed by atoms with Gasteiger partial charge in [0.1, 0.15) is 0 Å². The van der Waals surface area contributed by atoms with Crippen LogP contribution in [0.15, 0.2) is 0 Å². The van der Waals surface area contributed by atoms with Crippen molar-refractivity contribution in [3.05, 3.63) is 0 Å². The molecule has 0 aromatic heterocycles. The summed E-state index contributed by atoms with van der Waals surface area (Å²) in [5.74, 6) is 0.358. The van der Waals surface area contributed by atoms with Crippen LogP contribution in [0.4, 0.5) is 0 Å². The highest BCUT2D eigenvalue weighted by Gasteiger charge is 2.48. The Hall–Kier alpha value is 0.250. The van der Waals surface area contributed by atoms with Crippen LogP contribution in [0.5, 0.6) is 0 Å². The van der Waals surface area contributed by atoms with Crippen molar-refractivity contribution in [3.63, 3.8) is 0 Å². The summed E-state index contributed by atoms with van der Waals surface area (Å²) < 4.78 is 66.3. The van der Waals surface area contributed by atoms with Crippen LogP contribution in [0, 0.1) is 11.8 Å². The Labute approximate surface area is 166 Å². The molecule has 0 aromatic carbocycles. The molecule has 0 spiro atoms. The normalized spacial score (nSPS) is 33.2. The second kappa shape index (κ2) is 9.38. The largest absolute Gasteiger partial charge is 0.285 e. The van der Waals surface area contributed by atoms with E-state index in [-0.39, 0.29) is 17.0 Å². The molecule has 160 valence electrons. The topological polar surface area (TPSA) is 109 Å². The molecular formula is C18H35O6PS2. The van der Waals surface area contributed by atoms with Crippen molar-refractivity contribution in [1.29, 1.82) is 0 Å². The maximum Gasteiger partial charge on any atom is 0.267 e. The lowest BCUT2D eigenvalue weighted by molar-refractivity contribution is 0.167. The van der Waals surface area contributed by atoms with Gasteiger partial charge in [-0.1, -0.05) is 33.1 Å². The van der Waals surface area contributed by atoms with Gasteiger partial charge in [0.25, 0.3) is 20.2 Å². The Balaban J connectivity index is 2.33. The van der Waals surface area contributed by atoms with Gasteiger partial charge in [0, 0.05) is 0 Å². The van der Waals surface area contributed by atoms with Crippen molar-refractivity contribution in [2.24, 2.45) is 11.8 Å². The predicted molar refractivity (Wildman–Crippen MR) is 111 cm³/mol. The molecule has 6 atom stereocenters. The van der Waals surface area contributed by atoms with E-state index in [1.54, 1.807) is 0 Å². The van der Waals surface area contributed by atoms with E-state index in [0.29, 0.717) is 34.3 Å². The fraction of sp³-hybridized carbons (Fsp3) is 1.00. The third kappa shape index (κ3) is 5.65. The summed E-state index contributed by atoms with van der Waals surface area (Å²) in [7, 11) is -7.44. The van der Waals surface area contributed by atoms with Crippen molar-refractivity contribution in [2.45, 2.75) is 93.7 Å². The van der Waals surface area contributed by atoms with Crippen LogP contribution in [-0.2, 0) is 20.2 Å². The van der Waals surface area contributed by atoms with E-state index >= 15 is 0 Å². The lowest BCUT2D eigenvalue weighted by atomic mass is 9.67. The molecular weight excluding hydrogens is 407 g/mol. The summed E-state index contributed by atoms with van der Waals surface area (Å²) in [6.07, 6.45) is 8.35. The molecule has 2 saturated carbocycles. The minimum atomic E-state index is -4.05. The summed E-state index contributed by atoms with van der Waals surface area (Å²) in [4.78, 5) is 0. The van der Waals surface area contributed by atoms with Crippen LogP contribution in [0.2, 0.25) is 0 Å². The molecule has 2 aliphatic rings. The van der Waals surface area contributed by atoms with E-state index in [9.17, 15) is 25.9 Å². The van der Waals surface area contributed by atoms with E-state index in [2.05, 4.69) is 13.8 Å². The van der Waals surface area contributed by atoms with E-state index in [1.807, 2.05) is 0 Å². The van der Waals surface area contributed by atoms with Gasteiger partial charge in [0.15, 0.2) is 0 Å². The third-order valence-corrected chi connectivity index (χ3v) is 12.0. The molecule has 0 amide bonds. The average molecular weight is 443 g/mol. The first kappa shape index (κ1) is 23.5. The molecule has 0 aromatic rings. The Bertz CT molecular complexity index is 639. The molecule has 2 N–H and O–H groups in total. The summed E-state index contributed by atoms with van der Waals surface area (Å²) in [6.45, 7) is 4.27. The fourth-order valence-electron chi connectivity index (χ4n) is 5.45. The van der Waals surface area contributed by atoms with Crippen molar-refractivity contribution >= 4 is 28.8 Å². The van der Waals surface area contributed by atoms with Gasteiger partial charge in [0.05, 0.1) is 10.5 Å². The van der Waals surface area contributed by atoms with Crippen molar-refractivity contribution < 1.29 is 25.9 Å². The van der Waals surface area contributed by atoms with Gasteiger partial charge in [-0.2, -0.15) is 16.8 Å². The van der Waals surface area contributed by atoms with Crippen molar-refractivity contribution in [2.75, 3.05) is 6.16 Å². The minimum absolute atomic E-state index is 0.0945. The monoisotopic (exact) mass is 442 g/mol. The molecule has 0 saturated heterocycles. The van der Waals surface area contributed by atoms with Gasteiger partial charge in [0.2, 0.25) is 0 Å². The second-order valence-electron chi connectivity index (χ2n) is 8.32. The summed E-state index contributed by atoms with van der Waals surface area (Å²) in [6, 6.07) is 0. The molecule has 0 aliphatic heterocycles. The molecule has 2 aliphatic carbocycles. The van der Waals surface area contributed by atoms with Crippen molar-refractivity contribution in [3.8, 4) is 0 Å². The Morgan fingerprint density at radius 3 is 1.63 bits per heavy atom. The van der Waals surface area contributed by atoms with Crippen LogP contribution in [-0.4, -0.2) is 47.8 Å². The quantitative estimate of drug-likeness (QED) is 0.432. The zero-order valence-corrected chi connectivity index (χ0v) is 19.1. The Kier molecular flexibility index (Phi) is 8.17. The smallest absolute Gasteiger partial charge is 0.267 e. The molecule has 27 heavy (non-hydrogen) atoms. The van der Waals surface area contributed by atoms with Crippen LogP contribution >= 0.6 is 8.58 Å². The van der Waals surface area contributed by atoms with E-state index in [4.69, 9.17) is 0 Å².